The molecular formula is C15H20N4OS. The van der Waals surface area contributed by atoms with Crippen LogP contribution in [0, 0.1) is 5.92 Å². The lowest BCUT2D eigenvalue weighted by molar-refractivity contribution is -0.119. The number of aromatic nitrogens is 3. The van der Waals surface area contributed by atoms with Gasteiger partial charge < -0.3 is 5.32 Å². The fraction of sp³-hybridized carbons (Fsp3) is 0.533. The molecule has 0 aliphatic heterocycles. The van der Waals surface area contributed by atoms with Crippen LogP contribution >= 0.6 is 11.8 Å². The highest BCUT2D eigenvalue weighted by Crippen LogP contribution is 2.24. The van der Waals surface area contributed by atoms with E-state index in [4.69, 9.17) is 0 Å². The van der Waals surface area contributed by atoms with Crippen LogP contribution in [-0.4, -0.2) is 32.3 Å². The van der Waals surface area contributed by atoms with Crippen LogP contribution in [0.4, 0.5) is 0 Å². The van der Waals surface area contributed by atoms with Crippen molar-refractivity contribution in [3.63, 3.8) is 0 Å². The highest BCUT2D eigenvalue weighted by molar-refractivity contribution is 7.99. The Balaban J connectivity index is 1.56. The van der Waals surface area contributed by atoms with Gasteiger partial charge in [0.1, 0.15) is 0 Å². The largest absolute Gasteiger partial charge is 0.352 e. The normalized spacial score (nSPS) is 22.3. The fourth-order valence-corrected chi connectivity index (χ4v) is 3.56. The van der Waals surface area contributed by atoms with Crippen LogP contribution in [0.3, 0.4) is 0 Å². The molecule has 21 heavy (non-hydrogen) atoms. The molecule has 1 amide bonds. The van der Waals surface area contributed by atoms with Gasteiger partial charge in [-0.05, 0) is 30.9 Å². The smallest absolute Gasteiger partial charge is 0.230 e. The Morgan fingerprint density at radius 3 is 3.10 bits per heavy atom. The number of hydrogen-bond donors (Lipinski definition) is 1. The van der Waals surface area contributed by atoms with Gasteiger partial charge in [0, 0.05) is 12.2 Å². The summed E-state index contributed by atoms with van der Waals surface area (Å²) in [6.07, 6.45) is 6.74. The zero-order valence-electron chi connectivity index (χ0n) is 12.2. The van der Waals surface area contributed by atoms with Crippen LogP contribution in [-0.2, 0) is 4.79 Å². The second-order valence-electron chi connectivity index (χ2n) is 5.64. The van der Waals surface area contributed by atoms with Crippen LogP contribution in [0.5, 0.6) is 0 Å². The van der Waals surface area contributed by atoms with Gasteiger partial charge in [-0.15, -0.1) is 10.2 Å². The molecule has 2 aromatic heterocycles. The van der Waals surface area contributed by atoms with E-state index in [1.165, 1.54) is 31.0 Å². The minimum absolute atomic E-state index is 0.0893. The summed E-state index contributed by atoms with van der Waals surface area (Å²) in [7, 11) is 0. The van der Waals surface area contributed by atoms with Gasteiger partial charge in [0.25, 0.3) is 0 Å². The minimum atomic E-state index is 0.0893. The SMILES string of the molecule is C[C@@H]1CCCC[C@H]1NC(=O)CSc1nnc2ccccn12. The molecule has 5 nitrogen and oxygen atoms in total. The van der Waals surface area contributed by atoms with Crippen LogP contribution in [0.25, 0.3) is 5.65 Å². The van der Waals surface area contributed by atoms with Gasteiger partial charge in [-0.2, -0.15) is 0 Å². The molecule has 1 aliphatic carbocycles. The molecule has 0 spiro atoms. The summed E-state index contributed by atoms with van der Waals surface area (Å²) in [5, 5.41) is 12.1. The number of nitrogens with one attached hydrogen (secondary N) is 1. The Kier molecular flexibility index (Phi) is 4.43. The number of carbonyl (C=O) groups is 1. The van der Waals surface area contributed by atoms with Gasteiger partial charge in [-0.1, -0.05) is 37.6 Å². The van der Waals surface area contributed by atoms with E-state index in [0.717, 1.165) is 17.2 Å². The predicted molar refractivity (Wildman–Crippen MR) is 83.3 cm³/mol. The van der Waals surface area contributed by atoms with E-state index >= 15 is 0 Å². The number of thioether (sulfide) groups is 1. The second kappa shape index (κ2) is 6.47. The first-order chi connectivity index (χ1) is 10.2. The molecule has 1 N–H and O–H groups in total. The summed E-state index contributed by atoms with van der Waals surface area (Å²) in [6.45, 7) is 2.23. The van der Waals surface area contributed by atoms with Gasteiger partial charge in [-0.3, -0.25) is 9.20 Å². The number of amides is 1. The van der Waals surface area contributed by atoms with Crippen LogP contribution in [0.15, 0.2) is 29.6 Å². The van der Waals surface area contributed by atoms with Gasteiger partial charge in [0.15, 0.2) is 10.8 Å². The summed E-state index contributed by atoms with van der Waals surface area (Å²) in [6, 6.07) is 6.10. The number of hydrogen-bond acceptors (Lipinski definition) is 4. The van der Waals surface area contributed by atoms with Crippen molar-refractivity contribution in [2.24, 2.45) is 5.92 Å². The van der Waals surface area contributed by atoms with Crippen molar-refractivity contribution in [1.29, 1.82) is 0 Å². The summed E-state index contributed by atoms with van der Waals surface area (Å²) < 4.78 is 1.90. The Morgan fingerprint density at radius 2 is 2.24 bits per heavy atom. The molecule has 2 heterocycles. The lowest BCUT2D eigenvalue weighted by Gasteiger charge is -2.29. The molecular weight excluding hydrogens is 284 g/mol. The summed E-state index contributed by atoms with van der Waals surface area (Å²) in [5.74, 6) is 1.06. The summed E-state index contributed by atoms with van der Waals surface area (Å²) in [4.78, 5) is 12.1. The molecule has 0 radical (unpaired) electrons. The van der Waals surface area contributed by atoms with Gasteiger partial charge in [-0.25, -0.2) is 0 Å². The quantitative estimate of drug-likeness (QED) is 0.882. The third-order valence-electron chi connectivity index (χ3n) is 4.07. The molecule has 1 fully saturated rings. The molecule has 2 atom stereocenters. The third-order valence-corrected chi connectivity index (χ3v) is 5.02. The molecule has 0 bridgehead atoms. The summed E-state index contributed by atoms with van der Waals surface area (Å²) in [5.41, 5.74) is 0.807. The molecule has 0 saturated heterocycles. The molecule has 1 aliphatic rings. The molecule has 0 aromatic carbocycles. The minimum Gasteiger partial charge on any atom is -0.352 e. The molecule has 6 heteroatoms. The summed E-state index contributed by atoms with van der Waals surface area (Å²) >= 11 is 1.43. The average molecular weight is 304 g/mol. The van der Waals surface area contributed by atoms with Crippen molar-refractivity contribution >= 4 is 23.3 Å². The molecule has 3 rings (SSSR count). The maximum atomic E-state index is 12.1. The maximum absolute atomic E-state index is 12.1. The number of fused-ring (bicyclic) bond motifs is 1. The Labute approximate surface area is 128 Å². The van der Waals surface area contributed by atoms with Crippen molar-refractivity contribution in [3.8, 4) is 0 Å². The zero-order chi connectivity index (χ0) is 14.7. The van der Waals surface area contributed by atoms with Crippen molar-refractivity contribution in [3.05, 3.63) is 24.4 Å². The number of pyridine rings is 1. The first-order valence-corrected chi connectivity index (χ1v) is 8.44. The Bertz CT molecular complexity index is 627. The molecule has 1 saturated carbocycles. The predicted octanol–water partition coefficient (Wildman–Crippen LogP) is 2.52. The van der Waals surface area contributed by atoms with Crippen LogP contribution < -0.4 is 5.32 Å². The average Bonchev–Trinajstić information content (AvgIpc) is 2.91. The Hall–Kier alpha value is -1.56. The topological polar surface area (TPSA) is 59.3 Å². The molecule has 112 valence electrons. The lowest BCUT2D eigenvalue weighted by Crippen LogP contribution is -2.41. The lowest BCUT2D eigenvalue weighted by atomic mass is 9.86. The van der Waals surface area contributed by atoms with Gasteiger partial charge in [0.05, 0.1) is 5.75 Å². The van der Waals surface area contributed by atoms with E-state index < -0.39 is 0 Å². The Morgan fingerprint density at radius 1 is 1.38 bits per heavy atom. The highest BCUT2D eigenvalue weighted by atomic mass is 32.2. The third kappa shape index (κ3) is 3.37. The zero-order valence-corrected chi connectivity index (χ0v) is 13.0. The number of nitrogens with zero attached hydrogens (tertiary/aromatic N) is 3. The van der Waals surface area contributed by atoms with E-state index in [9.17, 15) is 4.79 Å². The van der Waals surface area contributed by atoms with E-state index in [1.54, 1.807) is 0 Å². The number of rotatable bonds is 4. The van der Waals surface area contributed by atoms with E-state index in [0.29, 0.717) is 17.7 Å². The van der Waals surface area contributed by atoms with E-state index in [1.807, 2.05) is 28.8 Å². The van der Waals surface area contributed by atoms with E-state index in [-0.39, 0.29) is 5.91 Å². The monoisotopic (exact) mass is 304 g/mol. The van der Waals surface area contributed by atoms with Crippen molar-refractivity contribution in [1.82, 2.24) is 19.9 Å². The first-order valence-electron chi connectivity index (χ1n) is 7.46. The highest BCUT2D eigenvalue weighted by Gasteiger charge is 2.22. The van der Waals surface area contributed by atoms with E-state index in [2.05, 4.69) is 22.4 Å². The standard InChI is InChI=1S/C15H20N4OS/c1-11-6-2-3-7-12(11)16-14(20)10-21-15-18-17-13-8-4-5-9-19(13)15/h4-5,8-9,11-12H,2-3,6-7,10H2,1H3,(H,16,20)/t11-,12-/m1/s1. The maximum Gasteiger partial charge on any atom is 0.230 e. The van der Waals surface area contributed by atoms with Crippen LogP contribution in [0.2, 0.25) is 0 Å². The van der Waals surface area contributed by atoms with Crippen LogP contribution in [0.1, 0.15) is 32.6 Å². The van der Waals surface area contributed by atoms with Gasteiger partial charge >= 0.3 is 0 Å². The number of carbonyl (C=O) groups excluding carboxylic acids is 1. The van der Waals surface area contributed by atoms with Crippen molar-refractivity contribution in [2.45, 2.75) is 43.8 Å². The fourth-order valence-electron chi connectivity index (χ4n) is 2.83. The molecule has 0 unspecified atom stereocenters. The van der Waals surface area contributed by atoms with Crippen molar-refractivity contribution < 1.29 is 4.79 Å². The molecule has 2 aromatic rings. The first kappa shape index (κ1) is 14.4. The second-order valence-corrected chi connectivity index (χ2v) is 6.58. The van der Waals surface area contributed by atoms with Gasteiger partial charge in [0.2, 0.25) is 5.91 Å². The van der Waals surface area contributed by atoms with Crippen molar-refractivity contribution in [2.75, 3.05) is 5.75 Å².